The van der Waals surface area contributed by atoms with Gasteiger partial charge in [-0.3, -0.25) is 0 Å². The molecular formula is C13H16ClN3O. The summed E-state index contributed by atoms with van der Waals surface area (Å²) in [5, 5.41) is 0.632. The first-order valence-electron chi connectivity index (χ1n) is 5.64. The molecule has 0 aliphatic carbocycles. The topological polar surface area (TPSA) is 53.1 Å². The molecule has 0 amide bonds. The van der Waals surface area contributed by atoms with Crippen molar-refractivity contribution in [1.29, 1.82) is 0 Å². The summed E-state index contributed by atoms with van der Waals surface area (Å²) in [7, 11) is 3.57. The van der Waals surface area contributed by atoms with Crippen molar-refractivity contribution in [2.75, 3.05) is 7.11 Å². The number of hydrogen-bond acceptors (Lipinski definition) is 3. The van der Waals surface area contributed by atoms with Crippen LogP contribution in [-0.4, -0.2) is 16.7 Å². The summed E-state index contributed by atoms with van der Waals surface area (Å²) >= 11 is 6.29. The average molecular weight is 266 g/mol. The second-order valence-corrected chi connectivity index (χ2v) is 4.47. The van der Waals surface area contributed by atoms with Crippen molar-refractivity contribution >= 4 is 11.6 Å². The molecule has 0 saturated carbocycles. The van der Waals surface area contributed by atoms with Gasteiger partial charge in [0.2, 0.25) is 0 Å². The molecule has 96 valence electrons. The normalized spacial score (nSPS) is 10.7. The van der Waals surface area contributed by atoms with E-state index in [0.29, 0.717) is 11.6 Å². The minimum Gasteiger partial charge on any atom is -0.497 e. The fourth-order valence-electron chi connectivity index (χ4n) is 1.97. The molecule has 4 nitrogen and oxygen atoms in total. The molecular weight excluding hydrogens is 250 g/mol. The summed E-state index contributed by atoms with van der Waals surface area (Å²) in [5.41, 5.74) is 8.46. The SMILES string of the molecule is COc1ccc(-c2c(CN)nc(C)n2C)c(Cl)c1. The van der Waals surface area contributed by atoms with Crippen LogP contribution in [0.2, 0.25) is 5.02 Å². The minimum absolute atomic E-state index is 0.388. The molecule has 0 unspecified atom stereocenters. The number of aryl methyl sites for hydroxylation is 1. The van der Waals surface area contributed by atoms with Crippen LogP contribution in [0, 0.1) is 6.92 Å². The van der Waals surface area contributed by atoms with E-state index in [1.165, 1.54) is 0 Å². The van der Waals surface area contributed by atoms with Gasteiger partial charge in [-0.05, 0) is 25.1 Å². The highest BCUT2D eigenvalue weighted by molar-refractivity contribution is 6.33. The molecule has 0 aliphatic heterocycles. The number of methoxy groups -OCH3 is 1. The predicted molar refractivity (Wildman–Crippen MR) is 72.8 cm³/mol. The van der Waals surface area contributed by atoms with Crippen LogP contribution < -0.4 is 10.5 Å². The maximum atomic E-state index is 6.29. The number of nitrogens with two attached hydrogens (primary N) is 1. The van der Waals surface area contributed by atoms with Crippen molar-refractivity contribution in [3.8, 4) is 17.0 Å². The molecule has 0 atom stereocenters. The smallest absolute Gasteiger partial charge is 0.120 e. The zero-order valence-electron chi connectivity index (χ0n) is 10.7. The van der Waals surface area contributed by atoms with E-state index in [1.807, 2.05) is 30.7 Å². The van der Waals surface area contributed by atoms with Crippen molar-refractivity contribution in [2.45, 2.75) is 13.5 Å². The van der Waals surface area contributed by atoms with Gasteiger partial charge >= 0.3 is 0 Å². The van der Waals surface area contributed by atoms with Crippen molar-refractivity contribution in [1.82, 2.24) is 9.55 Å². The van der Waals surface area contributed by atoms with E-state index in [-0.39, 0.29) is 0 Å². The van der Waals surface area contributed by atoms with Crippen LogP contribution in [-0.2, 0) is 13.6 Å². The lowest BCUT2D eigenvalue weighted by Crippen LogP contribution is -2.01. The van der Waals surface area contributed by atoms with Crippen LogP contribution >= 0.6 is 11.6 Å². The Morgan fingerprint density at radius 1 is 1.44 bits per heavy atom. The van der Waals surface area contributed by atoms with Gasteiger partial charge < -0.3 is 15.0 Å². The molecule has 0 fully saturated rings. The van der Waals surface area contributed by atoms with E-state index in [0.717, 1.165) is 28.5 Å². The number of imidazole rings is 1. The van der Waals surface area contributed by atoms with Crippen molar-refractivity contribution in [3.63, 3.8) is 0 Å². The number of rotatable bonds is 3. The summed E-state index contributed by atoms with van der Waals surface area (Å²) in [4.78, 5) is 4.44. The van der Waals surface area contributed by atoms with Gasteiger partial charge in [0.25, 0.3) is 0 Å². The van der Waals surface area contributed by atoms with Crippen LogP contribution in [0.1, 0.15) is 11.5 Å². The molecule has 18 heavy (non-hydrogen) atoms. The molecule has 2 aromatic rings. The number of ether oxygens (including phenoxy) is 1. The quantitative estimate of drug-likeness (QED) is 0.928. The third-order valence-corrected chi connectivity index (χ3v) is 3.33. The van der Waals surface area contributed by atoms with Crippen molar-refractivity contribution in [2.24, 2.45) is 12.8 Å². The third-order valence-electron chi connectivity index (χ3n) is 3.02. The lowest BCUT2D eigenvalue weighted by Gasteiger charge is -2.09. The Morgan fingerprint density at radius 3 is 2.72 bits per heavy atom. The van der Waals surface area contributed by atoms with Gasteiger partial charge in [-0.15, -0.1) is 0 Å². The van der Waals surface area contributed by atoms with E-state index in [4.69, 9.17) is 22.1 Å². The van der Waals surface area contributed by atoms with Crippen LogP contribution in [0.25, 0.3) is 11.3 Å². The molecule has 1 aromatic heterocycles. The van der Waals surface area contributed by atoms with Crippen molar-refractivity contribution < 1.29 is 4.74 Å². The Hall–Kier alpha value is -1.52. The van der Waals surface area contributed by atoms with E-state index in [2.05, 4.69) is 4.98 Å². The van der Waals surface area contributed by atoms with E-state index in [1.54, 1.807) is 13.2 Å². The third kappa shape index (κ3) is 2.09. The first kappa shape index (κ1) is 12.9. The predicted octanol–water partition coefficient (Wildman–Crippen LogP) is 2.52. The summed E-state index contributed by atoms with van der Waals surface area (Å²) in [6.07, 6.45) is 0. The molecule has 1 aromatic carbocycles. The largest absolute Gasteiger partial charge is 0.497 e. The van der Waals surface area contributed by atoms with Gasteiger partial charge in [-0.1, -0.05) is 11.6 Å². The van der Waals surface area contributed by atoms with Gasteiger partial charge in [-0.25, -0.2) is 4.98 Å². The maximum Gasteiger partial charge on any atom is 0.120 e. The van der Waals surface area contributed by atoms with E-state index >= 15 is 0 Å². The number of nitrogens with zero attached hydrogens (tertiary/aromatic N) is 2. The molecule has 0 saturated heterocycles. The van der Waals surface area contributed by atoms with Crippen molar-refractivity contribution in [3.05, 3.63) is 34.7 Å². The Bertz CT molecular complexity index is 578. The zero-order chi connectivity index (χ0) is 13.3. The minimum atomic E-state index is 0.388. The van der Waals surface area contributed by atoms with Crippen LogP contribution in [0.3, 0.4) is 0 Å². The molecule has 5 heteroatoms. The highest BCUT2D eigenvalue weighted by atomic mass is 35.5. The van der Waals surface area contributed by atoms with Crippen LogP contribution in [0.4, 0.5) is 0 Å². The standard InChI is InChI=1S/C13H16ClN3O/c1-8-16-12(7-15)13(17(8)2)10-5-4-9(18-3)6-11(10)14/h4-6H,7,15H2,1-3H3. The van der Waals surface area contributed by atoms with E-state index in [9.17, 15) is 0 Å². The Kier molecular flexibility index (Phi) is 3.59. The Morgan fingerprint density at radius 2 is 2.17 bits per heavy atom. The fourth-order valence-corrected chi connectivity index (χ4v) is 2.23. The lowest BCUT2D eigenvalue weighted by atomic mass is 10.1. The average Bonchev–Trinajstić information content (AvgIpc) is 2.65. The first-order valence-corrected chi connectivity index (χ1v) is 6.02. The summed E-state index contributed by atoms with van der Waals surface area (Å²) < 4.78 is 7.14. The summed E-state index contributed by atoms with van der Waals surface area (Å²) in [5.74, 6) is 1.65. The van der Waals surface area contributed by atoms with Gasteiger partial charge in [0.1, 0.15) is 11.6 Å². The highest BCUT2D eigenvalue weighted by Gasteiger charge is 2.15. The second-order valence-electron chi connectivity index (χ2n) is 4.06. The molecule has 0 bridgehead atoms. The van der Waals surface area contributed by atoms with Crippen LogP contribution in [0.5, 0.6) is 5.75 Å². The monoisotopic (exact) mass is 265 g/mol. The molecule has 2 rings (SSSR count). The molecule has 2 N–H and O–H groups in total. The summed E-state index contributed by atoms with van der Waals surface area (Å²) in [6.45, 7) is 2.33. The number of halogens is 1. The highest BCUT2D eigenvalue weighted by Crippen LogP contribution is 2.33. The zero-order valence-corrected chi connectivity index (χ0v) is 11.5. The molecule has 0 radical (unpaired) electrons. The maximum absolute atomic E-state index is 6.29. The Labute approximate surface area is 111 Å². The molecule has 0 aliphatic rings. The van der Waals surface area contributed by atoms with Crippen LogP contribution in [0.15, 0.2) is 18.2 Å². The lowest BCUT2D eigenvalue weighted by molar-refractivity contribution is 0.415. The van der Waals surface area contributed by atoms with Gasteiger partial charge in [0.05, 0.1) is 23.5 Å². The molecule has 1 heterocycles. The van der Waals surface area contributed by atoms with Gasteiger partial charge in [-0.2, -0.15) is 0 Å². The first-order chi connectivity index (χ1) is 8.58. The number of hydrogen-bond donors (Lipinski definition) is 1. The van der Waals surface area contributed by atoms with Gasteiger partial charge in [0, 0.05) is 19.2 Å². The fraction of sp³-hybridized carbons (Fsp3) is 0.308. The molecule has 0 spiro atoms. The van der Waals surface area contributed by atoms with Gasteiger partial charge in [0.15, 0.2) is 0 Å². The number of benzene rings is 1. The van der Waals surface area contributed by atoms with E-state index < -0.39 is 0 Å². The number of aromatic nitrogens is 2. The summed E-state index contributed by atoms with van der Waals surface area (Å²) in [6, 6.07) is 5.60. The second kappa shape index (κ2) is 5.00. The Balaban J connectivity index is 2.61.